The third kappa shape index (κ3) is 22.7. The second kappa shape index (κ2) is 25.3. The predicted molar refractivity (Wildman–Crippen MR) is 108 cm³/mol. The Labute approximate surface area is 144 Å². The van der Waals surface area contributed by atoms with Gasteiger partial charge in [-0.05, 0) is 10.8 Å². The number of rotatable bonds is 1. The van der Waals surface area contributed by atoms with Gasteiger partial charge in [0, 0.05) is 7.05 Å². The summed E-state index contributed by atoms with van der Waals surface area (Å²) in [5.74, 6) is 0. The Kier molecular flexibility index (Phi) is 28.8. The van der Waals surface area contributed by atoms with Gasteiger partial charge in [0.25, 0.3) is 0 Å². The second-order valence-electron chi connectivity index (χ2n) is 4.98. The van der Waals surface area contributed by atoms with Crippen molar-refractivity contribution in [2.75, 3.05) is 7.05 Å². The summed E-state index contributed by atoms with van der Waals surface area (Å²) in [7, 11) is 1.42. The van der Waals surface area contributed by atoms with Crippen LogP contribution >= 0.6 is 0 Å². The molecule has 0 aromatic heterocycles. The van der Waals surface area contributed by atoms with Crippen molar-refractivity contribution in [3.05, 3.63) is 48.5 Å². The van der Waals surface area contributed by atoms with E-state index in [4.69, 9.17) is 5.53 Å². The van der Waals surface area contributed by atoms with E-state index in [2.05, 4.69) is 95.2 Å². The van der Waals surface area contributed by atoms with Crippen LogP contribution in [0.4, 0.5) is 0 Å². The molecular weight excluding hydrogens is 280 g/mol. The fourth-order valence-corrected chi connectivity index (χ4v) is 1.13. The van der Waals surface area contributed by atoms with E-state index in [1.54, 1.807) is 0 Å². The van der Waals surface area contributed by atoms with Crippen LogP contribution in [0.1, 0.15) is 67.2 Å². The first kappa shape index (κ1) is 26.2. The Morgan fingerprint density at radius 1 is 0.652 bits per heavy atom. The molecule has 2 nitrogen and oxygen atoms in total. The van der Waals surface area contributed by atoms with Crippen LogP contribution in [0.5, 0.6) is 0 Å². The first-order valence-corrected chi connectivity index (χ1v) is 8.82. The number of benzene rings is 2. The van der Waals surface area contributed by atoms with Gasteiger partial charge in [-0.25, -0.2) is 10.6 Å². The highest BCUT2D eigenvalue weighted by Gasteiger charge is 1.85. The fourth-order valence-electron chi connectivity index (χ4n) is 1.13. The van der Waals surface area contributed by atoms with Gasteiger partial charge < -0.3 is 0 Å². The van der Waals surface area contributed by atoms with Crippen molar-refractivity contribution in [3.63, 3.8) is 0 Å². The van der Waals surface area contributed by atoms with Crippen molar-refractivity contribution in [2.24, 2.45) is 5.11 Å². The molecule has 0 radical (unpaired) electrons. The molecule has 0 fully saturated rings. The Morgan fingerprint density at radius 2 is 0.826 bits per heavy atom. The highest BCUT2D eigenvalue weighted by Crippen LogP contribution is 2.11. The van der Waals surface area contributed by atoms with Gasteiger partial charge in [-0.1, -0.05) is 116 Å². The normalized spacial score (nSPS) is 7.78. The Bertz CT molecular complexity index is 369. The molecule has 0 amide bonds. The minimum atomic E-state index is 1.25. The molecule has 0 aliphatic carbocycles. The van der Waals surface area contributed by atoms with Crippen molar-refractivity contribution in [2.45, 2.75) is 67.2 Å². The van der Waals surface area contributed by atoms with Crippen LogP contribution in [0.2, 0.25) is 0 Å². The molecule has 2 rings (SSSR count). The maximum atomic E-state index is 5.83. The van der Waals surface area contributed by atoms with Crippen LogP contribution in [-0.2, 0) is 0 Å². The lowest BCUT2D eigenvalue weighted by Crippen LogP contribution is -1.67. The standard InChI is InChI=1S/C10H8.C4H10.2C3H8.CH4N2/c1-2-6-10-8-4-3-7-9(10)5-1;1-3-4-2;3*1-3-2/h1-8H;3-4H2,1-2H3;2*3H2,1-2H3;2H,1H3. The summed E-state index contributed by atoms with van der Waals surface area (Å²) < 4.78 is 0. The monoisotopic (exact) mass is 318 g/mol. The van der Waals surface area contributed by atoms with E-state index in [0.717, 1.165) is 0 Å². The van der Waals surface area contributed by atoms with E-state index >= 15 is 0 Å². The summed E-state index contributed by atoms with van der Waals surface area (Å²) in [5, 5.41) is 5.37. The van der Waals surface area contributed by atoms with E-state index in [1.807, 2.05) is 0 Å². The van der Waals surface area contributed by atoms with Gasteiger partial charge in [-0.2, -0.15) is 0 Å². The lowest BCUT2D eigenvalue weighted by molar-refractivity contribution is 0.886. The van der Waals surface area contributed by atoms with Gasteiger partial charge in [0.1, 0.15) is 0 Å². The summed E-state index contributed by atoms with van der Waals surface area (Å²) in [6, 6.07) is 16.7. The number of unbranched alkanes of at least 4 members (excludes halogenated alkanes) is 1. The average molecular weight is 319 g/mol. The summed E-state index contributed by atoms with van der Waals surface area (Å²) >= 11 is 0. The number of nitrogens with one attached hydrogen (secondary N) is 1. The van der Waals surface area contributed by atoms with Gasteiger partial charge in [0.05, 0.1) is 0 Å². The van der Waals surface area contributed by atoms with Crippen LogP contribution in [0, 0.1) is 5.53 Å². The van der Waals surface area contributed by atoms with E-state index in [-0.39, 0.29) is 0 Å². The number of hydrogen-bond donors (Lipinski definition) is 1. The Morgan fingerprint density at radius 3 is 0.957 bits per heavy atom. The zero-order chi connectivity index (χ0) is 18.3. The summed E-state index contributed by atoms with van der Waals surface area (Å²) in [6.07, 6.45) is 5.14. The highest BCUT2D eigenvalue weighted by molar-refractivity contribution is 5.81. The molecule has 0 bridgehead atoms. The molecule has 0 spiro atoms. The molecule has 132 valence electrons. The van der Waals surface area contributed by atoms with Crippen molar-refractivity contribution >= 4 is 10.8 Å². The lowest BCUT2D eigenvalue weighted by atomic mass is 10.1. The zero-order valence-corrected chi connectivity index (χ0v) is 16.4. The molecule has 0 saturated carbocycles. The average Bonchev–Trinajstić information content (AvgIpc) is 2.57. The quantitative estimate of drug-likeness (QED) is 0.515. The molecule has 0 unspecified atom stereocenters. The summed E-state index contributed by atoms with van der Waals surface area (Å²) in [5.41, 5.74) is 5.83. The maximum Gasteiger partial charge on any atom is 0.0485 e. The molecule has 0 aliphatic heterocycles. The SMILES string of the molecule is CCC.CCC.CCCC.CN=N.c1ccc2ccccc2c1. The fraction of sp³-hybridized carbons (Fsp3) is 0.524. The van der Waals surface area contributed by atoms with Gasteiger partial charge in [-0.3, -0.25) is 0 Å². The van der Waals surface area contributed by atoms with Gasteiger partial charge >= 0.3 is 0 Å². The molecule has 2 aromatic rings. The largest absolute Gasteiger partial charge is 0.210 e. The van der Waals surface area contributed by atoms with E-state index in [1.165, 1.54) is 43.5 Å². The maximum absolute atomic E-state index is 5.83. The molecule has 0 heterocycles. The second-order valence-corrected chi connectivity index (χ2v) is 4.98. The van der Waals surface area contributed by atoms with E-state index < -0.39 is 0 Å². The van der Waals surface area contributed by atoms with Gasteiger partial charge in [0.2, 0.25) is 0 Å². The Balaban J connectivity index is -0.000000261. The predicted octanol–water partition coefficient (Wildman–Crippen LogP) is 8.13. The van der Waals surface area contributed by atoms with Crippen LogP contribution in [-0.4, -0.2) is 7.05 Å². The highest BCUT2D eigenvalue weighted by atomic mass is 14.9. The van der Waals surface area contributed by atoms with E-state index in [9.17, 15) is 0 Å². The molecule has 23 heavy (non-hydrogen) atoms. The number of fused-ring (bicyclic) bond motifs is 1. The van der Waals surface area contributed by atoms with Crippen molar-refractivity contribution in [3.8, 4) is 0 Å². The van der Waals surface area contributed by atoms with E-state index in [0.29, 0.717) is 0 Å². The van der Waals surface area contributed by atoms with Crippen LogP contribution in [0.3, 0.4) is 0 Å². The summed E-state index contributed by atoms with van der Waals surface area (Å²) in [4.78, 5) is 0. The molecule has 1 N–H and O–H groups in total. The molecule has 2 aromatic carbocycles. The third-order valence-corrected chi connectivity index (χ3v) is 2.16. The van der Waals surface area contributed by atoms with Gasteiger partial charge in [0.15, 0.2) is 0 Å². The lowest BCUT2D eigenvalue weighted by Gasteiger charge is -1.92. The zero-order valence-electron chi connectivity index (χ0n) is 16.4. The topological polar surface area (TPSA) is 36.2 Å². The first-order valence-electron chi connectivity index (χ1n) is 8.82. The smallest absolute Gasteiger partial charge is 0.0485 e. The minimum absolute atomic E-state index is 1.25. The number of nitrogens with zero attached hydrogens (tertiary/aromatic N) is 1. The van der Waals surface area contributed by atoms with Gasteiger partial charge in [-0.15, -0.1) is 0 Å². The molecule has 0 atom stereocenters. The van der Waals surface area contributed by atoms with Crippen LogP contribution in [0.15, 0.2) is 53.6 Å². The van der Waals surface area contributed by atoms with Crippen molar-refractivity contribution in [1.82, 2.24) is 0 Å². The molecule has 2 heteroatoms. The van der Waals surface area contributed by atoms with Crippen molar-refractivity contribution < 1.29 is 0 Å². The minimum Gasteiger partial charge on any atom is -0.210 e. The molecule has 0 aliphatic rings. The molecular formula is C21H38N2. The first-order chi connectivity index (χ1) is 11.1. The number of hydrogen-bond acceptors (Lipinski definition) is 2. The Hall–Kier alpha value is -1.70. The van der Waals surface area contributed by atoms with Crippen LogP contribution < -0.4 is 0 Å². The van der Waals surface area contributed by atoms with Crippen molar-refractivity contribution in [1.29, 1.82) is 5.53 Å². The van der Waals surface area contributed by atoms with Crippen LogP contribution in [0.25, 0.3) is 10.8 Å². The third-order valence-electron chi connectivity index (χ3n) is 2.16. The summed E-state index contributed by atoms with van der Waals surface area (Å²) in [6.45, 7) is 12.9. The molecule has 0 saturated heterocycles.